The number of nitrogens with zero attached hydrogens (tertiary/aromatic N) is 2. The van der Waals surface area contributed by atoms with Crippen LogP contribution >= 0.6 is 0 Å². The highest BCUT2D eigenvalue weighted by molar-refractivity contribution is 5.78. The second-order valence-corrected chi connectivity index (χ2v) is 6.83. The summed E-state index contributed by atoms with van der Waals surface area (Å²) < 4.78 is 5.44. The van der Waals surface area contributed by atoms with Crippen molar-refractivity contribution in [2.75, 3.05) is 32.7 Å². The quantitative estimate of drug-likeness (QED) is 0.787. The zero-order valence-electron chi connectivity index (χ0n) is 13.1. The Hall–Kier alpha value is -1.50. The average Bonchev–Trinajstić information content (AvgIpc) is 2.67. The van der Waals surface area contributed by atoms with E-state index in [0.29, 0.717) is 32.7 Å². The van der Waals surface area contributed by atoms with Crippen LogP contribution in [0, 0.1) is 0 Å². The van der Waals surface area contributed by atoms with Crippen molar-refractivity contribution in [2.24, 2.45) is 5.73 Å². The highest BCUT2D eigenvalue weighted by atomic mass is 16.6. The van der Waals surface area contributed by atoms with Gasteiger partial charge in [-0.25, -0.2) is 9.59 Å². The van der Waals surface area contributed by atoms with E-state index >= 15 is 0 Å². The summed E-state index contributed by atoms with van der Waals surface area (Å²) in [5.41, 5.74) is 4.76. The minimum Gasteiger partial charge on any atom is -0.444 e. The highest BCUT2D eigenvalue weighted by Crippen LogP contribution is 2.31. The smallest absolute Gasteiger partial charge is 0.410 e. The number of rotatable bonds is 2. The topological polar surface area (TPSA) is 87.9 Å². The molecule has 0 saturated carbocycles. The van der Waals surface area contributed by atoms with Crippen LogP contribution in [0.15, 0.2) is 0 Å². The molecule has 3 N–H and O–H groups in total. The first-order valence-electron chi connectivity index (χ1n) is 7.51. The molecule has 2 aliphatic heterocycles. The molecule has 1 atom stereocenters. The number of piperidine rings is 1. The van der Waals surface area contributed by atoms with Crippen LogP contribution in [0.5, 0.6) is 0 Å². The number of carbonyl (C=O) groups excluding carboxylic acids is 2. The molecule has 0 aromatic carbocycles. The number of carbonyl (C=O) groups is 2. The van der Waals surface area contributed by atoms with Crippen LogP contribution in [-0.2, 0) is 4.74 Å². The maximum Gasteiger partial charge on any atom is 0.410 e. The molecule has 2 fully saturated rings. The Morgan fingerprint density at radius 2 is 2.19 bits per heavy atom. The summed E-state index contributed by atoms with van der Waals surface area (Å²) in [6.07, 6.45) is 1.42. The largest absolute Gasteiger partial charge is 0.444 e. The van der Waals surface area contributed by atoms with Gasteiger partial charge in [-0.1, -0.05) is 0 Å². The summed E-state index contributed by atoms with van der Waals surface area (Å²) >= 11 is 0. The number of hydrogen-bond donors (Lipinski definition) is 2. The number of hydrogen-bond acceptors (Lipinski definition) is 4. The van der Waals surface area contributed by atoms with Crippen LogP contribution in [0.2, 0.25) is 0 Å². The number of ether oxygens (including phenoxy) is 1. The molecule has 0 aliphatic carbocycles. The molecule has 3 amide bonds. The van der Waals surface area contributed by atoms with Gasteiger partial charge in [0, 0.05) is 32.7 Å². The van der Waals surface area contributed by atoms with Gasteiger partial charge in [0.05, 0.1) is 5.54 Å². The van der Waals surface area contributed by atoms with Gasteiger partial charge in [0.15, 0.2) is 0 Å². The Bertz CT molecular complexity index is 421. The lowest BCUT2D eigenvalue weighted by atomic mass is 9.88. The van der Waals surface area contributed by atoms with Crippen molar-refractivity contribution in [3.05, 3.63) is 0 Å². The lowest BCUT2D eigenvalue weighted by Gasteiger charge is -2.44. The van der Waals surface area contributed by atoms with E-state index in [1.807, 2.05) is 20.8 Å². The summed E-state index contributed by atoms with van der Waals surface area (Å²) in [5, 5.41) is 2.88. The van der Waals surface area contributed by atoms with Gasteiger partial charge in [-0.2, -0.15) is 0 Å². The van der Waals surface area contributed by atoms with E-state index in [2.05, 4.69) is 5.32 Å². The summed E-state index contributed by atoms with van der Waals surface area (Å²) in [6.45, 7) is 8.21. The lowest BCUT2D eigenvalue weighted by molar-refractivity contribution is 0.00218. The van der Waals surface area contributed by atoms with Crippen LogP contribution < -0.4 is 11.1 Å². The van der Waals surface area contributed by atoms with Crippen molar-refractivity contribution in [2.45, 2.75) is 44.8 Å². The van der Waals surface area contributed by atoms with Crippen LogP contribution in [0.3, 0.4) is 0 Å². The minimum atomic E-state index is -0.512. The van der Waals surface area contributed by atoms with Gasteiger partial charge in [-0.15, -0.1) is 0 Å². The van der Waals surface area contributed by atoms with Gasteiger partial charge in [-0.3, -0.25) is 0 Å². The second-order valence-electron chi connectivity index (χ2n) is 6.83. The Balaban J connectivity index is 2.09. The van der Waals surface area contributed by atoms with Gasteiger partial charge in [0.2, 0.25) is 0 Å². The standard InChI is InChI=1S/C14H26N4O3/c1-13(2,3)21-12(20)17-7-4-5-14(10-17)9-16-11(19)18(14)8-6-15/h4-10,15H2,1-3H3,(H,16,19). The van der Waals surface area contributed by atoms with Crippen molar-refractivity contribution in [3.8, 4) is 0 Å². The third-order valence-corrected chi connectivity index (χ3v) is 3.95. The first-order valence-corrected chi connectivity index (χ1v) is 7.51. The van der Waals surface area contributed by atoms with Gasteiger partial charge in [0.25, 0.3) is 0 Å². The SMILES string of the molecule is CC(C)(C)OC(=O)N1CCCC2(CNC(=O)N2CCN)C1. The zero-order valence-corrected chi connectivity index (χ0v) is 13.1. The highest BCUT2D eigenvalue weighted by Gasteiger charge is 2.48. The Morgan fingerprint density at radius 3 is 2.81 bits per heavy atom. The molecule has 2 saturated heterocycles. The molecule has 1 spiro atoms. The first-order chi connectivity index (χ1) is 9.77. The molecule has 0 aromatic heterocycles. The number of nitrogens with one attached hydrogen (secondary N) is 1. The second kappa shape index (κ2) is 5.71. The maximum absolute atomic E-state index is 12.3. The van der Waals surface area contributed by atoms with E-state index in [9.17, 15) is 9.59 Å². The van der Waals surface area contributed by atoms with E-state index in [1.165, 1.54) is 0 Å². The first kappa shape index (κ1) is 15.9. The maximum atomic E-state index is 12.3. The Kier molecular flexibility index (Phi) is 4.32. The number of likely N-dealkylation sites (tertiary alicyclic amines) is 1. The zero-order chi connectivity index (χ0) is 15.7. The number of urea groups is 1. The van der Waals surface area contributed by atoms with Crippen LogP contribution in [-0.4, -0.2) is 65.8 Å². The summed E-state index contributed by atoms with van der Waals surface area (Å²) in [6, 6.07) is -0.0912. The van der Waals surface area contributed by atoms with E-state index in [0.717, 1.165) is 12.8 Å². The van der Waals surface area contributed by atoms with E-state index in [1.54, 1.807) is 9.80 Å². The third kappa shape index (κ3) is 3.40. The molecule has 7 nitrogen and oxygen atoms in total. The molecule has 0 radical (unpaired) electrons. The average molecular weight is 298 g/mol. The Morgan fingerprint density at radius 1 is 1.48 bits per heavy atom. The fourth-order valence-electron chi connectivity index (χ4n) is 3.07. The molecule has 2 rings (SSSR count). The van der Waals surface area contributed by atoms with Crippen LogP contribution in [0.4, 0.5) is 9.59 Å². The number of amides is 3. The molecular weight excluding hydrogens is 272 g/mol. The van der Waals surface area contributed by atoms with Gasteiger partial charge in [0.1, 0.15) is 5.60 Å². The van der Waals surface area contributed by atoms with Crippen molar-refractivity contribution >= 4 is 12.1 Å². The summed E-state index contributed by atoms with van der Waals surface area (Å²) in [4.78, 5) is 27.7. The Labute approximate surface area is 125 Å². The molecule has 2 aliphatic rings. The van der Waals surface area contributed by atoms with Crippen molar-refractivity contribution in [1.82, 2.24) is 15.1 Å². The molecule has 2 heterocycles. The third-order valence-electron chi connectivity index (χ3n) is 3.95. The predicted octanol–water partition coefficient (Wildman–Crippen LogP) is 0.740. The van der Waals surface area contributed by atoms with E-state index < -0.39 is 5.60 Å². The molecule has 7 heteroatoms. The van der Waals surface area contributed by atoms with Crippen LogP contribution in [0.1, 0.15) is 33.6 Å². The minimum absolute atomic E-state index is 0.0912. The summed E-state index contributed by atoms with van der Waals surface area (Å²) in [5.74, 6) is 0. The van der Waals surface area contributed by atoms with Crippen molar-refractivity contribution in [1.29, 1.82) is 0 Å². The number of nitrogens with two attached hydrogens (primary N) is 1. The lowest BCUT2D eigenvalue weighted by Crippen LogP contribution is -2.60. The fourth-order valence-corrected chi connectivity index (χ4v) is 3.07. The van der Waals surface area contributed by atoms with Gasteiger partial charge >= 0.3 is 12.1 Å². The van der Waals surface area contributed by atoms with E-state index in [-0.39, 0.29) is 17.7 Å². The monoisotopic (exact) mass is 298 g/mol. The van der Waals surface area contributed by atoms with Crippen molar-refractivity contribution in [3.63, 3.8) is 0 Å². The molecule has 1 unspecified atom stereocenters. The summed E-state index contributed by atoms with van der Waals surface area (Å²) in [7, 11) is 0. The normalized spacial score (nSPS) is 26.2. The molecule has 120 valence electrons. The molecule has 0 aromatic rings. The van der Waals surface area contributed by atoms with Gasteiger partial charge < -0.3 is 25.6 Å². The molecule has 21 heavy (non-hydrogen) atoms. The predicted molar refractivity (Wildman–Crippen MR) is 78.9 cm³/mol. The van der Waals surface area contributed by atoms with E-state index in [4.69, 9.17) is 10.5 Å². The molecular formula is C14H26N4O3. The fraction of sp³-hybridized carbons (Fsp3) is 0.857. The van der Waals surface area contributed by atoms with Crippen molar-refractivity contribution < 1.29 is 14.3 Å². The molecule has 0 bridgehead atoms. The van der Waals surface area contributed by atoms with Gasteiger partial charge in [-0.05, 0) is 33.6 Å². The van der Waals surface area contributed by atoms with Crippen LogP contribution in [0.25, 0.3) is 0 Å².